The lowest BCUT2D eigenvalue weighted by molar-refractivity contribution is 0.274. The van der Waals surface area contributed by atoms with Crippen LogP contribution in [-0.4, -0.2) is 33.3 Å². The third kappa shape index (κ3) is 2.48. The summed E-state index contributed by atoms with van der Waals surface area (Å²) in [6.07, 6.45) is 4.04. The SMILES string of the molecule is c1ccc2cc([C@H](C3CCNCC3)n3cnnn3)ccc2c1. The molecular formula is C17H19N5. The maximum atomic E-state index is 4.18. The second kappa shape index (κ2) is 5.85. The Morgan fingerprint density at radius 3 is 2.64 bits per heavy atom. The van der Waals surface area contributed by atoms with E-state index in [-0.39, 0.29) is 6.04 Å². The predicted molar refractivity (Wildman–Crippen MR) is 85.5 cm³/mol. The number of hydrogen-bond donors (Lipinski definition) is 1. The van der Waals surface area contributed by atoms with Gasteiger partial charge in [0.15, 0.2) is 0 Å². The first-order valence-corrected chi connectivity index (χ1v) is 7.84. The highest BCUT2D eigenvalue weighted by atomic mass is 15.5. The molecule has 0 bridgehead atoms. The van der Waals surface area contributed by atoms with E-state index in [1.807, 2.05) is 4.68 Å². The molecule has 1 atom stereocenters. The fraction of sp³-hybridized carbons (Fsp3) is 0.353. The van der Waals surface area contributed by atoms with E-state index in [1.165, 1.54) is 16.3 Å². The number of tetrazole rings is 1. The van der Waals surface area contributed by atoms with Crippen molar-refractivity contribution in [2.75, 3.05) is 13.1 Å². The Balaban J connectivity index is 1.78. The lowest BCUT2D eigenvalue weighted by atomic mass is 9.85. The van der Waals surface area contributed by atoms with Crippen molar-refractivity contribution in [2.45, 2.75) is 18.9 Å². The van der Waals surface area contributed by atoms with Gasteiger partial charge in [-0.1, -0.05) is 36.4 Å². The Morgan fingerprint density at radius 1 is 1.05 bits per heavy atom. The fourth-order valence-electron chi connectivity index (χ4n) is 3.49. The van der Waals surface area contributed by atoms with Gasteiger partial charge in [-0.15, -0.1) is 5.10 Å². The lowest BCUT2D eigenvalue weighted by Gasteiger charge is -2.30. The van der Waals surface area contributed by atoms with Gasteiger partial charge in [-0.2, -0.15) is 0 Å². The van der Waals surface area contributed by atoms with Crippen molar-refractivity contribution in [1.29, 1.82) is 0 Å². The van der Waals surface area contributed by atoms with Crippen LogP contribution in [0.4, 0.5) is 0 Å². The Hall–Kier alpha value is -2.27. The zero-order chi connectivity index (χ0) is 14.8. The van der Waals surface area contributed by atoms with Crippen LogP contribution in [0.2, 0.25) is 0 Å². The normalized spacial score (nSPS) is 17.6. The highest BCUT2D eigenvalue weighted by molar-refractivity contribution is 5.83. The van der Waals surface area contributed by atoms with Crippen molar-refractivity contribution in [3.8, 4) is 0 Å². The van der Waals surface area contributed by atoms with E-state index >= 15 is 0 Å². The van der Waals surface area contributed by atoms with E-state index in [0.717, 1.165) is 25.9 Å². The summed E-state index contributed by atoms with van der Waals surface area (Å²) in [6.45, 7) is 2.13. The van der Waals surface area contributed by atoms with E-state index in [4.69, 9.17) is 0 Å². The molecule has 0 spiro atoms. The topological polar surface area (TPSA) is 55.6 Å². The minimum atomic E-state index is 0.210. The molecule has 0 amide bonds. The first-order valence-electron chi connectivity index (χ1n) is 7.84. The summed E-state index contributed by atoms with van der Waals surface area (Å²) in [5.41, 5.74) is 1.29. The van der Waals surface area contributed by atoms with Crippen LogP contribution in [-0.2, 0) is 0 Å². The first-order chi connectivity index (χ1) is 10.9. The Labute approximate surface area is 129 Å². The van der Waals surface area contributed by atoms with Gasteiger partial charge in [-0.05, 0) is 64.7 Å². The van der Waals surface area contributed by atoms with Gasteiger partial charge in [0.25, 0.3) is 0 Å². The highest BCUT2D eigenvalue weighted by Crippen LogP contribution is 2.33. The van der Waals surface area contributed by atoms with Gasteiger partial charge >= 0.3 is 0 Å². The second-order valence-corrected chi connectivity index (χ2v) is 5.93. The van der Waals surface area contributed by atoms with Crippen LogP contribution >= 0.6 is 0 Å². The number of nitrogens with one attached hydrogen (secondary N) is 1. The maximum Gasteiger partial charge on any atom is 0.138 e. The Morgan fingerprint density at radius 2 is 1.86 bits per heavy atom. The van der Waals surface area contributed by atoms with Gasteiger partial charge in [0.05, 0.1) is 6.04 Å². The van der Waals surface area contributed by atoms with Gasteiger partial charge in [-0.25, -0.2) is 4.68 Å². The summed E-state index contributed by atoms with van der Waals surface area (Å²) in [4.78, 5) is 0. The van der Waals surface area contributed by atoms with Crippen LogP contribution in [0.25, 0.3) is 10.8 Å². The molecule has 5 nitrogen and oxygen atoms in total. The molecule has 1 fully saturated rings. The third-order valence-corrected chi connectivity index (χ3v) is 4.60. The van der Waals surface area contributed by atoms with Crippen LogP contribution in [0.1, 0.15) is 24.4 Å². The van der Waals surface area contributed by atoms with Crippen molar-refractivity contribution in [2.24, 2.45) is 5.92 Å². The molecule has 4 rings (SSSR count). The van der Waals surface area contributed by atoms with Gasteiger partial charge in [0.1, 0.15) is 6.33 Å². The number of piperidine rings is 1. The van der Waals surface area contributed by atoms with Gasteiger partial charge in [0, 0.05) is 0 Å². The molecule has 0 radical (unpaired) electrons. The molecule has 112 valence electrons. The first kappa shape index (κ1) is 13.4. The lowest BCUT2D eigenvalue weighted by Crippen LogP contribution is -2.33. The zero-order valence-electron chi connectivity index (χ0n) is 12.4. The smallest absolute Gasteiger partial charge is 0.138 e. The minimum Gasteiger partial charge on any atom is -0.317 e. The minimum absolute atomic E-state index is 0.210. The third-order valence-electron chi connectivity index (χ3n) is 4.60. The molecule has 1 aliphatic rings. The summed E-state index contributed by atoms with van der Waals surface area (Å²) < 4.78 is 1.92. The molecule has 22 heavy (non-hydrogen) atoms. The second-order valence-electron chi connectivity index (χ2n) is 5.93. The van der Waals surface area contributed by atoms with Gasteiger partial charge in [0.2, 0.25) is 0 Å². The van der Waals surface area contributed by atoms with Crippen LogP contribution in [0.5, 0.6) is 0 Å². The molecule has 1 saturated heterocycles. The molecular weight excluding hydrogens is 274 g/mol. The van der Waals surface area contributed by atoms with E-state index in [9.17, 15) is 0 Å². The summed E-state index contributed by atoms with van der Waals surface area (Å²) in [7, 11) is 0. The van der Waals surface area contributed by atoms with E-state index in [0.29, 0.717) is 5.92 Å². The predicted octanol–water partition coefficient (Wildman–Crippen LogP) is 2.42. The molecule has 0 unspecified atom stereocenters. The standard InChI is InChI=1S/C17H19N5/c1-2-4-15-11-16(6-5-13(15)3-1)17(22-12-19-20-21-22)14-7-9-18-10-8-14/h1-6,11-12,14,17-18H,7-10H2/t17-/m0/s1. The molecule has 3 aromatic rings. The number of benzene rings is 2. The van der Waals surface area contributed by atoms with Crippen molar-refractivity contribution in [3.63, 3.8) is 0 Å². The summed E-state index contributed by atoms with van der Waals surface area (Å²) >= 11 is 0. The van der Waals surface area contributed by atoms with Crippen LogP contribution in [0, 0.1) is 5.92 Å². The van der Waals surface area contributed by atoms with E-state index in [1.54, 1.807) is 6.33 Å². The van der Waals surface area contributed by atoms with Crippen molar-refractivity contribution in [3.05, 3.63) is 54.4 Å². The fourth-order valence-corrected chi connectivity index (χ4v) is 3.49. The van der Waals surface area contributed by atoms with Crippen LogP contribution < -0.4 is 5.32 Å². The van der Waals surface area contributed by atoms with E-state index < -0.39 is 0 Å². The molecule has 0 aliphatic carbocycles. The Kier molecular flexibility index (Phi) is 3.56. The number of aromatic nitrogens is 4. The van der Waals surface area contributed by atoms with E-state index in [2.05, 4.69) is 63.3 Å². The maximum absolute atomic E-state index is 4.18. The molecule has 1 N–H and O–H groups in total. The van der Waals surface area contributed by atoms with Crippen LogP contribution in [0.15, 0.2) is 48.8 Å². The highest BCUT2D eigenvalue weighted by Gasteiger charge is 2.27. The Bertz CT molecular complexity index is 747. The molecule has 1 aliphatic heterocycles. The van der Waals surface area contributed by atoms with Crippen LogP contribution in [0.3, 0.4) is 0 Å². The summed E-state index contributed by atoms with van der Waals surface area (Å²) in [6, 6.07) is 15.4. The van der Waals surface area contributed by atoms with Crippen molar-refractivity contribution >= 4 is 10.8 Å². The average molecular weight is 293 g/mol. The molecule has 5 heteroatoms. The van der Waals surface area contributed by atoms with Crippen molar-refractivity contribution < 1.29 is 0 Å². The monoisotopic (exact) mass is 293 g/mol. The number of rotatable bonds is 3. The molecule has 0 saturated carbocycles. The van der Waals surface area contributed by atoms with Gasteiger partial charge in [-0.3, -0.25) is 0 Å². The molecule has 2 aromatic carbocycles. The molecule has 1 aromatic heterocycles. The average Bonchev–Trinajstić information content (AvgIpc) is 3.10. The number of nitrogens with zero attached hydrogens (tertiary/aromatic N) is 4. The summed E-state index contributed by atoms with van der Waals surface area (Å²) in [5.74, 6) is 0.561. The zero-order valence-corrected chi connectivity index (χ0v) is 12.4. The van der Waals surface area contributed by atoms with Gasteiger partial charge < -0.3 is 5.32 Å². The number of hydrogen-bond acceptors (Lipinski definition) is 4. The largest absolute Gasteiger partial charge is 0.317 e. The number of fused-ring (bicyclic) bond motifs is 1. The quantitative estimate of drug-likeness (QED) is 0.806. The summed E-state index contributed by atoms with van der Waals surface area (Å²) in [5, 5.41) is 17.8. The van der Waals surface area contributed by atoms with Crippen molar-refractivity contribution in [1.82, 2.24) is 25.5 Å². The molecule has 2 heterocycles.